The van der Waals surface area contributed by atoms with Crippen LogP contribution in [0.2, 0.25) is 5.02 Å². The molecule has 0 aromatic heterocycles. The van der Waals surface area contributed by atoms with Crippen LogP contribution < -0.4 is 5.32 Å². The molecule has 2 rings (SSSR count). The van der Waals surface area contributed by atoms with Gasteiger partial charge in [0.25, 0.3) is 0 Å². The Hall–Kier alpha value is -0.790. The number of rotatable bonds is 4. The molecule has 1 N–H and O–H groups in total. The summed E-state index contributed by atoms with van der Waals surface area (Å²) in [7, 11) is 0. The first-order valence-corrected chi connectivity index (χ1v) is 7.72. The summed E-state index contributed by atoms with van der Waals surface area (Å²) in [5.41, 5.74) is 0.769. The molecule has 0 heterocycles. The molecule has 0 aliphatic carbocycles. The standard InChI is InChI=1S/C15H12ClF3IN/c1-2-21-15(10-5-8(16)3-4-14(10)20)9-6-12(18)13(19)7-11(9)17/h3-7,15,21H,2H2,1H3. The lowest BCUT2D eigenvalue weighted by atomic mass is 9.98. The highest BCUT2D eigenvalue weighted by Crippen LogP contribution is 2.31. The number of benzene rings is 2. The van der Waals surface area contributed by atoms with Crippen LogP contribution in [0.5, 0.6) is 0 Å². The molecule has 1 atom stereocenters. The fraction of sp³-hybridized carbons (Fsp3) is 0.200. The number of halogens is 5. The van der Waals surface area contributed by atoms with E-state index in [0.29, 0.717) is 17.6 Å². The van der Waals surface area contributed by atoms with E-state index in [1.807, 2.05) is 6.92 Å². The fourth-order valence-electron chi connectivity index (χ4n) is 2.09. The molecule has 1 unspecified atom stereocenters. The van der Waals surface area contributed by atoms with E-state index in [1.165, 1.54) is 0 Å². The fourth-order valence-corrected chi connectivity index (χ4v) is 2.91. The third-order valence-electron chi connectivity index (χ3n) is 3.03. The van der Waals surface area contributed by atoms with Crippen LogP contribution in [0.3, 0.4) is 0 Å². The molecular formula is C15H12ClF3IN. The first kappa shape index (κ1) is 16.6. The van der Waals surface area contributed by atoms with Crippen LogP contribution in [0.1, 0.15) is 24.1 Å². The zero-order valence-electron chi connectivity index (χ0n) is 11.1. The van der Waals surface area contributed by atoms with Gasteiger partial charge in [0.05, 0.1) is 6.04 Å². The van der Waals surface area contributed by atoms with Crippen molar-refractivity contribution in [1.82, 2.24) is 5.32 Å². The van der Waals surface area contributed by atoms with E-state index in [9.17, 15) is 13.2 Å². The second-order valence-corrected chi connectivity index (χ2v) is 6.04. The zero-order valence-corrected chi connectivity index (χ0v) is 14.0. The lowest BCUT2D eigenvalue weighted by Gasteiger charge is -2.21. The molecule has 2 aromatic carbocycles. The van der Waals surface area contributed by atoms with Gasteiger partial charge in [-0.25, -0.2) is 13.2 Å². The molecule has 0 saturated carbocycles. The molecule has 0 amide bonds. The van der Waals surface area contributed by atoms with Gasteiger partial charge in [-0.15, -0.1) is 0 Å². The Labute approximate surface area is 139 Å². The molecule has 0 saturated heterocycles. The maximum absolute atomic E-state index is 14.0. The lowest BCUT2D eigenvalue weighted by Crippen LogP contribution is -2.24. The maximum Gasteiger partial charge on any atom is 0.161 e. The van der Waals surface area contributed by atoms with Gasteiger partial charge in [-0.2, -0.15) is 0 Å². The van der Waals surface area contributed by atoms with Crippen LogP contribution in [0.25, 0.3) is 0 Å². The second kappa shape index (κ2) is 6.98. The monoisotopic (exact) mass is 425 g/mol. The molecule has 1 nitrogen and oxygen atoms in total. The van der Waals surface area contributed by atoms with Crippen molar-refractivity contribution in [2.75, 3.05) is 6.54 Å². The highest BCUT2D eigenvalue weighted by atomic mass is 127. The largest absolute Gasteiger partial charge is 0.306 e. The summed E-state index contributed by atoms with van der Waals surface area (Å²) in [6, 6.07) is 6.05. The van der Waals surface area contributed by atoms with Gasteiger partial charge in [0.1, 0.15) is 5.82 Å². The molecule has 112 valence electrons. The van der Waals surface area contributed by atoms with E-state index < -0.39 is 23.5 Å². The molecular weight excluding hydrogens is 414 g/mol. The normalized spacial score (nSPS) is 12.5. The minimum Gasteiger partial charge on any atom is -0.306 e. The van der Waals surface area contributed by atoms with Crippen LogP contribution in [0.4, 0.5) is 13.2 Å². The Morgan fingerprint density at radius 2 is 1.71 bits per heavy atom. The zero-order chi connectivity index (χ0) is 15.6. The molecule has 6 heteroatoms. The van der Waals surface area contributed by atoms with Gasteiger partial charge in [-0.3, -0.25) is 0 Å². The van der Waals surface area contributed by atoms with Gasteiger partial charge in [0.15, 0.2) is 11.6 Å². The van der Waals surface area contributed by atoms with E-state index in [4.69, 9.17) is 11.6 Å². The predicted octanol–water partition coefficient (Wildman–Crippen LogP) is 5.06. The van der Waals surface area contributed by atoms with E-state index >= 15 is 0 Å². The topological polar surface area (TPSA) is 12.0 Å². The summed E-state index contributed by atoms with van der Waals surface area (Å²) in [6.45, 7) is 2.38. The van der Waals surface area contributed by atoms with Crippen LogP contribution in [0.15, 0.2) is 30.3 Å². The van der Waals surface area contributed by atoms with Crippen LogP contribution in [-0.4, -0.2) is 6.54 Å². The van der Waals surface area contributed by atoms with Gasteiger partial charge in [-0.05, 0) is 59.0 Å². The van der Waals surface area contributed by atoms with Crippen molar-refractivity contribution in [3.8, 4) is 0 Å². The molecule has 21 heavy (non-hydrogen) atoms. The SMILES string of the molecule is CCNC(c1cc(F)c(F)cc1F)c1cc(Cl)ccc1I. The van der Waals surface area contributed by atoms with Gasteiger partial charge in [0, 0.05) is 20.2 Å². The third kappa shape index (κ3) is 3.70. The van der Waals surface area contributed by atoms with E-state index in [-0.39, 0.29) is 5.56 Å². The summed E-state index contributed by atoms with van der Waals surface area (Å²) in [5.74, 6) is -3.07. The van der Waals surface area contributed by atoms with Gasteiger partial charge in [-0.1, -0.05) is 18.5 Å². The Morgan fingerprint density at radius 1 is 1.05 bits per heavy atom. The van der Waals surface area contributed by atoms with E-state index in [2.05, 4.69) is 27.9 Å². The molecule has 2 aromatic rings. The Morgan fingerprint density at radius 3 is 2.38 bits per heavy atom. The minimum absolute atomic E-state index is 0.0518. The molecule has 0 aliphatic rings. The lowest BCUT2D eigenvalue weighted by molar-refractivity contribution is 0.481. The van der Waals surface area contributed by atoms with Crippen LogP contribution >= 0.6 is 34.2 Å². The third-order valence-corrected chi connectivity index (χ3v) is 4.25. The van der Waals surface area contributed by atoms with Gasteiger partial charge >= 0.3 is 0 Å². The van der Waals surface area contributed by atoms with Crippen LogP contribution in [0, 0.1) is 21.0 Å². The molecule has 0 radical (unpaired) electrons. The summed E-state index contributed by atoms with van der Waals surface area (Å²) in [4.78, 5) is 0. The van der Waals surface area contributed by atoms with Gasteiger partial charge < -0.3 is 5.32 Å². The smallest absolute Gasteiger partial charge is 0.161 e. The van der Waals surface area contributed by atoms with Gasteiger partial charge in [0.2, 0.25) is 0 Å². The second-order valence-electron chi connectivity index (χ2n) is 4.44. The summed E-state index contributed by atoms with van der Waals surface area (Å²) in [6.07, 6.45) is 0. The number of hydrogen-bond donors (Lipinski definition) is 1. The van der Waals surface area contributed by atoms with Crippen molar-refractivity contribution < 1.29 is 13.2 Å². The Balaban J connectivity index is 2.58. The highest BCUT2D eigenvalue weighted by molar-refractivity contribution is 14.1. The highest BCUT2D eigenvalue weighted by Gasteiger charge is 2.22. The van der Waals surface area contributed by atoms with Crippen LogP contribution in [-0.2, 0) is 0 Å². The average molecular weight is 426 g/mol. The summed E-state index contributed by atoms with van der Waals surface area (Å²) < 4.78 is 41.4. The Kier molecular flexibility index (Phi) is 5.51. The first-order valence-electron chi connectivity index (χ1n) is 6.26. The van der Waals surface area contributed by atoms with Crippen molar-refractivity contribution in [3.05, 3.63) is 67.5 Å². The van der Waals surface area contributed by atoms with Crippen molar-refractivity contribution in [3.63, 3.8) is 0 Å². The van der Waals surface area contributed by atoms with Crippen molar-refractivity contribution in [2.45, 2.75) is 13.0 Å². The predicted molar refractivity (Wildman–Crippen MR) is 86.0 cm³/mol. The van der Waals surface area contributed by atoms with Crippen molar-refractivity contribution in [1.29, 1.82) is 0 Å². The molecule has 0 fully saturated rings. The molecule has 0 aliphatic heterocycles. The summed E-state index contributed by atoms with van der Waals surface area (Å²) in [5, 5.41) is 3.57. The van der Waals surface area contributed by atoms with E-state index in [1.54, 1.807) is 18.2 Å². The summed E-state index contributed by atoms with van der Waals surface area (Å²) >= 11 is 8.08. The average Bonchev–Trinajstić information content (AvgIpc) is 2.43. The minimum atomic E-state index is -1.20. The quantitative estimate of drug-likeness (QED) is 0.533. The number of hydrogen-bond acceptors (Lipinski definition) is 1. The number of nitrogens with one attached hydrogen (secondary N) is 1. The molecule has 0 bridgehead atoms. The van der Waals surface area contributed by atoms with Crippen molar-refractivity contribution in [2.24, 2.45) is 0 Å². The van der Waals surface area contributed by atoms with Crippen molar-refractivity contribution >= 4 is 34.2 Å². The Bertz CT molecular complexity index is 664. The molecule has 0 spiro atoms. The maximum atomic E-state index is 14.0. The first-order chi connectivity index (χ1) is 9.93. The van der Waals surface area contributed by atoms with E-state index in [0.717, 1.165) is 15.2 Å².